The molecule has 0 saturated carbocycles. The number of rotatable bonds is 4. The Hall–Kier alpha value is -1.88. The second-order valence-electron chi connectivity index (χ2n) is 5.26. The molecule has 5 nitrogen and oxygen atoms in total. The predicted molar refractivity (Wildman–Crippen MR) is 74.3 cm³/mol. The van der Waals surface area contributed by atoms with Crippen molar-refractivity contribution < 1.29 is 14.3 Å². The summed E-state index contributed by atoms with van der Waals surface area (Å²) in [6, 6.07) is 4.05. The minimum atomic E-state index is -0.181. The lowest BCUT2D eigenvalue weighted by Crippen LogP contribution is -2.22. The van der Waals surface area contributed by atoms with E-state index in [0.29, 0.717) is 18.4 Å². The molecule has 0 spiro atoms. The Morgan fingerprint density at radius 2 is 2.40 bits per heavy atom. The van der Waals surface area contributed by atoms with Crippen LogP contribution in [0.1, 0.15) is 42.7 Å². The largest absolute Gasteiger partial charge is 0.438 e. The number of hydrogen-bond donors (Lipinski definition) is 2. The number of carbonyl (C=O) groups is 1. The summed E-state index contributed by atoms with van der Waals surface area (Å²) in [6.07, 6.45) is 3.01. The quantitative estimate of drug-likeness (QED) is 0.892. The van der Waals surface area contributed by atoms with Crippen LogP contribution in [0.15, 0.2) is 16.5 Å². The van der Waals surface area contributed by atoms with Gasteiger partial charge in [0.1, 0.15) is 12.1 Å². The molecule has 106 valence electrons. The lowest BCUT2D eigenvalue weighted by atomic mass is 9.97. The van der Waals surface area contributed by atoms with Gasteiger partial charge in [-0.2, -0.15) is 0 Å². The number of amides is 1. The second kappa shape index (κ2) is 5.25. The fourth-order valence-corrected chi connectivity index (χ4v) is 3.02. The van der Waals surface area contributed by atoms with Gasteiger partial charge in [-0.1, -0.05) is 6.07 Å². The predicted octanol–water partition coefficient (Wildman–Crippen LogP) is 1.88. The molecule has 0 radical (unpaired) electrons. The molecule has 2 N–H and O–H groups in total. The van der Waals surface area contributed by atoms with E-state index >= 15 is 0 Å². The number of aryl methyl sites for hydroxylation is 1. The Morgan fingerprint density at radius 1 is 1.55 bits per heavy atom. The van der Waals surface area contributed by atoms with Crippen LogP contribution in [0, 0.1) is 0 Å². The Kier molecular flexibility index (Phi) is 3.44. The number of nitrogens with zero attached hydrogens (tertiary/aromatic N) is 1. The number of aliphatic hydroxyl groups excluding tert-OH is 1. The van der Waals surface area contributed by atoms with Gasteiger partial charge in [0.25, 0.3) is 0 Å². The summed E-state index contributed by atoms with van der Waals surface area (Å²) in [7, 11) is 0. The number of oxazole rings is 1. The number of fused-ring (bicyclic) bond motifs is 3. The van der Waals surface area contributed by atoms with E-state index in [-0.39, 0.29) is 12.5 Å². The molecule has 0 bridgehead atoms. The van der Waals surface area contributed by atoms with Crippen molar-refractivity contribution in [3.8, 4) is 0 Å². The molecule has 1 aromatic carbocycles. The zero-order valence-electron chi connectivity index (χ0n) is 11.5. The van der Waals surface area contributed by atoms with Gasteiger partial charge >= 0.3 is 0 Å². The second-order valence-corrected chi connectivity index (χ2v) is 5.26. The Balaban J connectivity index is 1.90. The van der Waals surface area contributed by atoms with Crippen LogP contribution < -0.4 is 5.32 Å². The van der Waals surface area contributed by atoms with Crippen LogP contribution in [-0.4, -0.2) is 22.5 Å². The average molecular weight is 274 g/mol. The molecule has 1 aliphatic rings. The SMILES string of the molecule is CC(=O)NCCC1CCc2ccc3nc(CO)oc3c21. The van der Waals surface area contributed by atoms with E-state index in [1.165, 1.54) is 18.1 Å². The van der Waals surface area contributed by atoms with Crippen LogP contribution >= 0.6 is 0 Å². The number of aliphatic hydroxyl groups is 1. The molecule has 1 amide bonds. The first kappa shape index (κ1) is 13.1. The van der Waals surface area contributed by atoms with Crippen molar-refractivity contribution >= 4 is 17.0 Å². The average Bonchev–Trinajstić information content (AvgIpc) is 3.00. The minimum absolute atomic E-state index is 0.00339. The molecule has 5 heteroatoms. The van der Waals surface area contributed by atoms with Crippen molar-refractivity contribution in [2.45, 2.75) is 38.7 Å². The third kappa shape index (κ3) is 2.29. The molecule has 0 aliphatic heterocycles. The number of hydrogen-bond acceptors (Lipinski definition) is 4. The molecule has 1 aliphatic carbocycles. The Bertz CT molecular complexity index is 648. The molecule has 2 aromatic rings. The summed E-state index contributed by atoms with van der Waals surface area (Å²) in [5.74, 6) is 0.754. The molecule has 20 heavy (non-hydrogen) atoms. The zero-order valence-corrected chi connectivity index (χ0v) is 11.5. The van der Waals surface area contributed by atoms with Gasteiger partial charge in [0, 0.05) is 19.0 Å². The molecule has 0 fully saturated rings. The first-order valence-corrected chi connectivity index (χ1v) is 6.95. The van der Waals surface area contributed by atoms with E-state index in [4.69, 9.17) is 9.52 Å². The van der Waals surface area contributed by atoms with Crippen LogP contribution in [0.2, 0.25) is 0 Å². The van der Waals surface area contributed by atoms with E-state index in [1.807, 2.05) is 6.07 Å². The van der Waals surface area contributed by atoms with Gasteiger partial charge in [0.15, 0.2) is 5.58 Å². The summed E-state index contributed by atoms with van der Waals surface area (Å²) in [5, 5.41) is 12.0. The first-order valence-electron chi connectivity index (χ1n) is 6.95. The summed E-state index contributed by atoms with van der Waals surface area (Å²) in [5.41, 5.74) is 4.11. The van der Waals surface area contributed by atoms with Crippen LogP contribution in [0.3, 0.4) is 0 Å². The van der Waals surface area contributed by atoms with Gasteiger partial charge in [0.2, 0.25) is 11.8 Å². The van der Waals surface area contributed by atoms with E-state index in [9.17, 15) is 4.79 Å². The fraction of sp³-hybridized carbons (Fsp3) is 0.467. The molecule has 1 aromatic heterocycles. The lowest BCUT2D eigenvalue weighted by Gasteiger charge is -2.11. The molecule has 1 atom stereocenters. The minimum Gasteiger partial charge on any atom is -0.438 e. The summed E-state index contributed by atoms with van der Waals surface area (Å²) in [6.45, 7) is 2.03. The van der Waals surface area contributed by atoms with Crippen LogP contribution in [-0.2, 0) is 17.8 Å². The van der Waals surface area contributed by atoms with Gasteiger partial charge < -0.3 is 14.8 Å². The van der Waals surface area contributed by atoms with Crippen LogP contribution in [0.25, 0.3) is 11.1 Å². The summed E-state index contributed by atoms with van der Waals surface area (Å²) < 4.78 is 5.67. The van der Waals surface area contributed by atoms with Crippen LogP contribution in [0.4, 0.5) is 0 Å². The maximum atomic E-state index is 11.0. The molecular weight excluding hydrogens is 256 g/mol. The number of aromatic nitrogens is 1. The highest BCUT2D eigenvalue weighted by Gasteiger charge is 2.27. The van der Waals surface area contributed by atoms with Gasteiger partial charge in [-0.3, -0.25) is 4.79 Å². The van der Waals surface area contributed by atoms with E-state index < -0.39 is 0 Å². The van der Waals surface area contributed by atoms with E-state index in [0.717, 1.165) is 30.4 Å². The highest BCUT2D eigenvalue weighted by molar-refractivity contribution is 5.79. The maximum Gasteiger partial charge on any atom is 0.221 e. The fourth-order valence-electron chi connectivity index (χ4n) is 3.02. The molecular formula is C15H18N2O3. The first-order chi connectivity index (χ1) is 9.69. The number of carbonyl (C=O) groups excluding carboxylic acids is 1. The highest BCUT2D eigenvalue weighted by Crippen LogP contribution is 2.40. The Morgan fingerprint density at radius 3 is 3.15 bits per heavy atom. The molecule has 3 rings (SSSR count). The smallest absolute Gasteiger partial charge is 0.221 e. The normalized spacial score (nSPS) is 17.4. The van der Waals surface area contributed by atoms with Crippen molar-refractivity contribution in [3.05, 3.63) is 29.2 Å². The third-order valence-electron chi connectivity index (χ3n) is 3.90. The van der Waals surface area contributed by atoms with Crippen molar-refractivity contribution in [2.24, 2.45) is 0 Å². The highest BCUT2D eigenvalue weighted by atomic mass is 16.4. The van der Waals surface area contributed by atoms with Gasteiger partial charge in [-0.25, -0.2) is 4.98 Å². The molecule has 0 saturated heterocycles. The van der Waals surface area contributed by atoms with Gasteiger partial charge in [-0.15, -0.1) is 0 Å². The van der Waals surface area contributed by atoms with Crippen molar-refractivity contribution in [3.63, 3.8) is 0 Å². The Labute approximate surface area is 117 Å². The zero-order chi connectivity index (χ0) is 14.1. The third-order valence-corrected chi connectivity index (χ3v) is 3.90. The standard InChI is InChI=1S/C15H18N2O3/c1-9(19)16-7-6-11-3-2-10-4-5-12-15(14(10)11)20-13(8-18)17-12/h4-5,11,18H,2-3,6-8H2,1H3,(H,16,19). The molecule has 1 unspecified atom stereocenters. The van der Waals surface area contributed by atoms with Gasteiger partial charge in [0.05, 0.1) is 0 Å². The van der Waals surface area contributed by atoms with Crippen molar-refractivity contribution in [1.82, 2.24) is 10.3 Å². The lowest BCUT2D eigenvalue weighted by molar-refractivity contribution is -0.118. The summed E-state index contributed by atoms with van der Waals surface area (Å²) >= 11 is 0. The van der Waals surface area contributed by atoms with Gasteiger partial charge in [-0.05, 0) is 36.8 Å². The topological polar surface area (TPSA) is 75.4 Å². The maximum absolute atomic E-state index is 11.0. The van der Waals surface area contributed by atoms with E-state index in [2.05, 4.69) is 16.4 Å². The van der Waals surface area contributed by atoms with Crippen LogP contribution in [0.5, 0.6) is 0 Å². The number of benzene rings is 1. The van der Waals surface area contributed by atoms with Crippen molar-refractivity contribution in [2.75, 3.05) is 6.54 Å². The monoisotopic (exact) mass is 274 g/mol. The van der Waals surface area contributed by atoms with E-state index in [1.54, 1.807) is 0 Å². The molecule has 1 heterocycles. The summed E-state index contributed by atoms with van der Waals surface area (Å²) in [4.78, 5) is 15.2. The number of nitrogens with one attached hydrogen (secondary N) is 1. The van der Waals surface area contributed by atoms with Crippen molar-refractivity contribution in [1.29, 1.82) is 0 Å².